The Hall–Kier alpha value is -3.64. The molecule has 5 amide bonds. The Kier molecular flexibility index (Phi) is 9.15. The number of aromatic amines is 1. The summed E-state index contributed by atoms with van der Waals surface area (Å²) in [5.41, 5.74) is 4.13. The smallest absolute Gasteiger partial charge is 0.322 e. The molecule has 0 spiro atoms. The number of hydrogen-bond donors (Lipinski definition) is 3. The number of urea groups is 2. The van der Waals surface area contributed by atoms with E-state index in [0.29, 0.717) is 51.6 Å². The third-order valence-corrected chi connectivity index (χ3v) is 11.2. The van der Waals surface area contributed by atoms with Crippen LogP contribution in [0.15, 0.2) is 30.5 Å². The highest BCUT2D eigenvalue weighted by molar-refractivity contribution is 5.92. The van der Waals surface area contributed by atoms with Crippen molar-refractivity contribution in [2.24, 2.45) is 0 Å². The molecule has 254 valence electrons. The van der Waals surface area contributed by atoms with Gasteiger partial charge in [-0.2, -0.15) is 5.10 Å². The molecule has 3 saturated heterocycles. The minimum Gasteiger partial charge on any atom is -0.341 e. The van der Waals surface area contributed by atoms with Crippen molar-refractivity contribution in [2.45, 2.75) is 95.4 Å². The number of anilines is 1. The number of rotatable bonds is 6. The number of benzene rings is 1. The van der Waals surface area contributed by atoms with Crippen molar-refractivity contribution < 1.29 is 14.4 Å². The van der Waals surface area contributed by atoms with E-state index in [0.717, 1.165) is 55.0 Å². The van der Waals surface area contributed by atoms with Crippen LogP contribution >= 0.6 is 0 Å². The fourth-order valence-electron chi connectivity index (χ4n) is 8.62. The van der Waals surface area contributed by atoms with Gasteiger partial charge in [0, 0.05) is 86.8 Å². The average Bonchev–Trinajstić information content (AvgIpc) is 3.58. The van der Waals surface area contributed by atoms with Gasteiger partial charge in [0.15, 0.2) is 0 Å². The first-order valence-electron chi connectivity index (χ1n) is 17.7. The lowest BCUT2D eigenvalue weighted by Crippen LogP contribution is -2.60. The molecule has 3 N–H and O–H groups in total. The second-order valence-electron chi connectivity index (χ2n) is 14.9. The van der Waals surface area contributed by atoms with Crippen LogP contribution in [0.1, 0.15) is 75.6 Å². The van der Waals surface area contributed by atoms with Gasteiger partial charge in [0.25, 0.3) is 0 Å². The van der Waals surface area contributed by atoms with Gasteiger partial charge >= 0.3 is 12.1 Å². The lowest BCUT2D eigenvalue weighted by molar-refractivity contribution is -0.135. The van der Waals surface area contributed by atoms with E-state index in [1.54, 1.807) is 0 Å². The van der Waals surface area contributed by atoms with Crippen LogP contribution in [0.5, 0.6) is 0 Å². The maximum absolute atomic E-state index is 14.2. The van der Waals surface area contributed by atoms with Crippen molar-refractivity contribution >= 4 is 23.7 Å². The van der Waals surface area contributed by atoms with Crippen molar-refractivity contribution in [1.82, 2.24) is 40.0 Å². The largest absolute Gasteiger partial charge is 0.341 e. The average molecular weight is 646 g/mol. The number of aromatic nitrogens is 2. The van der Waals surface area contributed by atoms with Gasteiger partial charge in [-0.3, -0.25) is 14.8 Å². The first-order chi connectivity index (χ1) is 22.7. The third kappa shape index (κ3) is 6.85. The van der Waals surface area contributed by atoms with Gasteiger partial charge in [-0.1, -0.05) is 38.5 Å². The third-order valence-electron chi connectivity index (χ3n) is 11.2. The minimum absolute atomic E-state index is 0.0183. The summed E-state index contributed by atoms with van der Waals surface area (Å²) in [5.74, 6) is 0.0183. The monoisotopic (exact) mass is 645 g/mol. The summed E-state index contributed by atoms with van der Waals surface area (Å²) in [4.78, 5) is 51.6. The summed E-state index contributed by atoms with van der Waals surface area (Å²) >= 11 is 0. The number of likely N-dealkylation sites (tertiary alicyclic amines) is 3. The van der Waals surface area contributed by atoms with Gasteiger partial charge in [0.05, 0.1) is 6.20 Å². The van der Waals surface area contributed by atoms with Gasteiger partial charge in [0.1, 0.15) is 6.04 Å². The van der Waals surface area contributed by atoms with Gasteiger partial charge in [-0.15, -0.1) is 0 Å². The van der Waals surface area contributed by atoms with E-state index in [1.807, 2.05) is 39.1 Å². The molecule has 1 unspecified atom stereocenters. The highest BCUT2D eigenvalue weighted by Crippen LogP contribution is 2.32. The number of nitrogens with zero attached hydrogens (tertiary/aromatic N) is 6. The van der Waals surface area contributed by atoms with E-state index >= 15 is 0 Å². The van der Waals surface area contributed by atoms with E-state index < -0.39 is 6.04 Å². The lowest BCUT2D eigenvalue weighted by atomic mass is 9.83. The number of nitrogens with one attached hydrogen (secondary N) is 3. The predicted molar refractivity (Wildman–Crippen MR) is 180 cm³/mol. The Labute approximate surface area is 278 Å². The standard InChI is InChI=1S/C35H51N9O3/c1-35(2)24-40(21-26-20-36-39-31(26)35)23-30(32(45)42-16-10-27(11-17-42)41-14-6-3-7-15-41)38-33(46)43-18-12-28(13-19-43)44-22-25-8-4-5-9-29(25)37-34(44)47/h4-5,8-9,20,27-28,30H,3,6-7,10-19,21-24H2,1-2H3,(H,36,39)(H,37,47)(H,38,46). The number of amides is 5. The predicted octanol–water partition coefficient (Wildman–Crippen LogP) is 3.57. The lowest BCUT2D eigenvalue weighted by Gasteiger charge is -2.43. The van der Waals surface area contributed by atoms with E-state index in [4.69, 9.17) is 0 Å². The summed E-state index contributed by atoms with van der Waals surface area (Å²) in [6.45, 7) is 11.8. The number of H-pyrrole nitrogens is 1. The molecule has 1 atom stereocenters. The first-order valence-corrected chi connectivity index (χ1v) is 17.7. The highest BCUT2D eigenvalue weighted by Gasteiger charge is 2.39. The fraction of sp³-hybridized carbons (Fsp3) is 0.657. The molecule has 0 radical (unpaired) electrons. The normalized spacial score (nSPS) is 23.5. The SMILES string of the molecule is CC1(C)CN(CC(NC(=O)N2CCC(N3Cc4ccccc4NC3=O)CC2)C(=O)N2CCC(N3CCCCC3)CC2)Cc2cn[nH]c21. The number of carbonyl (C=O) groups is 3. The summed E-state index contributed by atoms with van der Waals surface area (Å²) < 4.78 is 0. The molecule has 47 heavy (non-hydrogen) atoms. The van der Waals surface area contributed by atoms with Crippen LogP contribution in [0, 0.1) is 0 Å². The molecular weight excluding hydrogens is 594 g/mol. The van der Waals surface area contributed by atoms with Crippen molar-refractivity contribution in [3.05, 3.63) is 47.3 Å². The molecule has 2 aromatic rings. The Morgan fingerprint density at radius 2 is 1.62 bits per heavy atom. The van der Waals surface area contributed by atoms with Gasteiger partial charge < -0.3 is 30.2 Å². The first kappa shape index (κ1) is 31.9. The number of carbonyl (C=O) groups excluding carboxylic acids is 3. The maximum Gasteiger partial charge on any atom is 0.322 e. The van der Waals surface area contributed by atoms with Gasteiger partial charge in [-0.25, -0.2) is 9.59 Å². The second kappa shape index (κ2) is 13.5. The molecule has 1 aromatic carbocycles. The van der Waals surface area contributed by atoms with Crippen LogP contribution in [0.2, 0.25) is 0 Å². The second-order valence-corrected chi connectivity index (χ2v) is 14.9. The van der Waals surface area contributed by atoms with Crippen molar-refractivity contribution in [3.8, 4) is 0 Å². The van der Waals surface area contributed by atoms with E-state index in [-0.39, 0.29) is 29.4 Å². The highest BCUT2D eigenvalue weighted by atomic mass is 16.2. The Balaban J connectivity index is 0.995. The van der Waals surface area contributed by atoms with E-state index in [9.17, 15) is 14.4 Å². The van der Waals surface area contributed by atoms with Crippen LogP contribution in [0.4, 0.5) is 15.3 Å². The minimum atomic E-state index is -0.639. The number of hydrogen-bond acceptors (Lipinski definition) is 6. The van der Waals surface area contributed by atoms with Crippen LogP contribution in [0.25, 0.3) is 0 Å². The van der Waals surface area contributed by atoms with E-state index in [2.05, 4.69) is 50.5 Å². The maximum atomic E-state index is 14.2. The molecule has 0 aliphatic carbocycles. The topological polar surface area (TPSA) is 120 Å². The molecule has 1 aromatic heterocycles. The zero-order valence-electron chi connectivity index (χ0n) is 28.0. The molecule has 12 heteroatoms. The summed E-state index contributed by atoms with van der Waals surface area (Å²) in [6, 6.07) is 7.61. The number of para-hydroxylation sites is 1. The van der Waals surface area contributed by atoms with Gasteiger partial charge in [-0.05, 0) is 63.2 Å². The Morgan fingerprint density at radius 1 is 0.915 bits per heavy atom. The Bertz CT molecular complexity index is 1440. The van der Waals surface area contributed by atoms with Crippen LogP contribution in [-0.2, 0) is 23.3 Å². The van der Waals surface area contributed by atoms with E-state index in [1.165, 1.54) is 32.4 Å². The summed E-state index contributed by atoms with van der Waals surface area (Å²) in [6.07, 6.45) is 9.14. The molecule has 6 heterocycles. The number of fused-ring (bicyclic) bond motifs is 2. The molecular formula is C35H51N9O3. The van der Waals surface area contributed by atoms with Crippen LogP contribution in [-0.4, -0.2) is 123 Å². The van der Waals surface area contributed by atoms with Crippen molar-refractivity contribution in [2.75, 3.05) is 57.7 Å². The molecule has 0 bridgehead atoms. The van der Waals surface area contributed by atoms with Crippen LogP contribution < -0.4 is 10.6 Å². The molecule has 7 rings (SSSR count). The molecule has 12 nitrogen and oxygen atoms in total. The zero-order valence-corrected chi connectivity index (χ0v) is 28.0. The summed E-state index contributed by atoms with van der Waals surface area (Å²) in [7, 11) is 0. The Morgan fingerprint density at radius 3 is 2.38 bits per heavy atom. The van der Waals surface area contributed by atoms with Crippen LogP contribution in [0.3, 0.4) is 0 Å². The quantitative estimate of drug-likeness (QED) is 0.442. The number of piperidine rings is 3. The molecule has 0 saturated carbocycles. The molecule has 5 aliphatic heterocycles. The van der Waals surface area contributed by atoms with Crippen molar-refractivity contribution in [1.29, 1.82) is 0 Å². The fourth-order valence-corrected chi connectivity index (χ4v) is 8.62. The molecule has 3 fully saturated rings. The molecule has 5 aliphatic rings. The zero-order chi connectivity index (χ0) is 32.5. The summed E-state index contributed by atoms with van der Waals surface area (Å²) in [5, 5.41) is 13.7. The van der Waals surface area contributed by atoms with Gasteiger partial charge in [0.2, 0.25) is 5.91 Å². The van der Waals surface area contributed by atoms with Crippen molar-refractivity contribution in [3.63, 3.8) is 0 Å².